The molecule has 0 amide bonds. The molecule has 0 spiro atoms. The number of hydrogen-bond donors (Lipinski definition) is 3. The van der Waals surface area contributed by atoms with Crippen LogP contribution in [0.15, 0.2) is 27.9 Å². The highest BCUT2D eigenvalue weighted by Crippen LogP contribution is 2.26. The van der Waals surface area contributed by atoms with Gasteiger partial charge in [-0.1, -0.05) is 0 Å². The lowest BCUT2D eigenvalue weighted by Gasteiger charge is -2.23. The maximum atomic E-state index is 12.8. The van der Waals surface area contributed by atoms with Gasteiger partial charge in [0.25, 0.3) is 0 Å². The van der Waals surface area contributed by atoms with Crippen molar-refractivity contribution in [2.24, 2.45) is 0 Å². The van der Waals surface area contributed by atoms with Gasteiger partial charge in [-0.2, -0.15) is 4.31 Å². The van der Waals surface area contributed by atoms with E-state index in [-0.39, 0.29) is 16.6 Å². The number of nitrogens with zero attached hydrogens (tertiary/aromatic N) is 1. The predicted molar refractivity (Wildman–Crippen MR) is 79.8 cm³/mol. The molecule has 21 heavy (non-hydrogen) atoms. The number of rotatable bonds is 4. The van der Waals surface area contributed by atoms with Crippen LogP contribution in [0.4, 0.5) is 0 Å². The van der Waals surface area contributed by atoms with Gasteiger partial charge in [-0.3, -0.25) is 0 Å². The van der Waals surface area contributed by atoms with Crippen molar-refractivity contribution in [3.63, 3.8) is 0 Å². The molecule has 7 nitrogen and oxygen atoms in total. The van der Waals surface area contributed by atoms with Crippen LogP contribution in [0, 0.1) is 0 Å². The first kappa shape index (κ1) is 14.3. The molecule has 3 N–H and O–H groups in total. The summed E-state index contributed by atoms with van der Waals surface area (Å²) in [4.78, 5) is 16.7. The van der Waals surface area contributed by atoms with Crippen LogP contribution in [0.2, 0.25) is 0 Å². The van der Waals surface area contributed by atoms with Crippen LogP contribution >= 0.6 is 0 Å². The van der Waals surface area contributed by atoms with Crippen molar-refractivity contribution in [3.05, 3.63) is 28.7 Å². The summed E-state index contributed by atoms with van der Waals surface area (Å²) in [6.07, 6.45) is 1.73. The van der Waals surface area contributed by atoms with Crippen molar-refractivity contribution in [1.82, 2.24) is 19.6 Å². The van der Waals surface area contributed by atoms with Gasteiger partial charge in [-0.15, -0.1) is 0 Å². The Bertz CT molecular complexity index is 808. The van der Waals surface area contributed by atoms with Gasteiger partial charge in [0.15, 0.2) is 0 Å². The molecular formula is C13H18N4O3S. The minimum atomic E-state index is -3.53. The van der Waals surface area contributed by atoms with Crippen LogP contribution in [0.5, 0.6) is 0 Å². The summed E-state index contributed by atoms with van der Waals surface area (Å²) in [5, 5.41) is 3.04. The van der Waals surface area contributed by atoms with Crippen LogP contribution in [-0.4, -0.2) is 48.9 Å². The Morgan fingerprint density at radius 3 is 2.86 bits per heavy atom. The van der Waals surface area contributed by atoms with Crippen LogP contribution in [-0.2, 0) is 10.0 Å². The average molecular weight is 310 g/mol. The van der Waals surface area contributed by atoms with E-state index in [2.05, 4.69) is 15.3 Å². The van der Waals surface area contributed by atoms with E-state index in [0.29, 0.717) is 24.1 Å². The van der Waals surface area contributed by atoms with Gasteiger partial charge in [-0.05, 0) is 38.1 Å². The Morgan fingerprint density at radius 1 is 1.33 bits per heavy atom. The van der Waals surface area contributed by atoms with E-state index in [1.165, 1.54) is 12.1 Å². The fraction of sp³-hybridized carbons (Fsp3) is 0.462. The number of aromatic amines is 2. The largest absolute Gasteiger partial charge is 0.323 e. The number of benzene rings is 1. The Kier molecular flexibility index (Phi) is 3.60. The Labute approximate surface area is 122 Å². The van der Waals surface area contributed by atoms with Crippen LogP contribution < -0.4 is 11.0 Å². The second-order valence-electron chi connectivity index (χ2n) is 5.26. The maximum Gasteiger partial charge on any atom is 0.323 e. The van der Waals surface area contributed by atoms with Crippen molar-refractivity contribution in [2.45, 2.75) is 23.8 Å². The molecule has 2 aromatic rings. The molecule has 1 saturated heterocycles. The molecule has 1 fully saturated rings. The smallest absolute Gasteiger partial charge is 0.318 e. The van der Waals surface area contributed by atoms with Gasteiger partial charge in [0.05, 0.1) is 15.9 Å². The molecule has 8 heteroatoms. The second-order valence-corrected chi connectivity index (χ2v) is 7.15. The predicted octanol–water partition coefficient (Wildman–Crippen LogP) is 0.229. The molecule has 114 valence electrons. The average Bonchev–Trinajstić information content (AvgIpc) is 3.03. The zero-order chi connectivity index (χ0) is 15.0. The summed E-state index contributed by atoms with van der Waals surface area (Å²) >= 11 is 0. The highest BCUT2D eigenvalue weighted by Gasteiger charge is 2.34. The first-order valence-electron chi connectivity index (χ1n) is 6.91. The molecule has 1 unspecified atom stereocenters. The maximum absolute atomic E-state index is 12.8. The minimum Gasteiger partial charge on any atom is -0.318 e. The highest BCUT2D eigenvalue weighted by atomic mass is 32.2. The number of hydrogen-bond acceptors (Lipinski definition) is 4. The second kappa shape index (κ2) is 5.28. The minimum absolute atomic E-state index is 0.0130. The number of H-pyrrole nitrogens is 2. The molecule has 0 saturated carbocycles. The van der Waals surface area contributed by atoms with E-state index in [4.69, 9.17) is 0 Å². The third-order valence-electron chi connectivity index (χ3n) is 3.86. The monoisotopic (exact) mass is 310 g/mol. The standard InChI is InChI=1S/C13H18N4O3S/c1-14-8-9-3-2-6-17(9)21(19,20)10-4-5-11-12(7-10)16-13(18)15-11/h4-5,7,9,14H,2-3,6,8H2,1H3,(H2,15,16,18). The van der Waals surface area contributed by atoms with Gasteiger partial charge in [0.2, 0.25) is 10.0 Å². The van der Waals surface area contributed by atoms with Crippen LogP contribution in [0.3, 0.4) is 0 Å². The van der Waals surface area contributed by atoms with E-state index < -0.39 is 10.0 Å². The normalized spacial score (nSPS) is 20.3. The molecule has 0 bridgehead atoms. The fourth-order valence-corrected chi connectivity index (χ4v) is 4.59. The highest BCUT2D eigenvalue weighted by molar-refractivity contribution is 7.89. The zero-order valence-electron chi connectivity index (χ0n) is 11.7. The summed E-state index contributed by atoms with van der Waals surface area (Å²) in [6, 6.07) is 4.65. The van der Waals surface area contributed by atoms with E-state index in [1.54, 1.807) is 10.4 Å². The first-order chi connectivity index (χ1) is 10.0. The molecule has 0 radical (unpaired) electrons. The zero-order valence-corrected chi connectivity index (χ0v) is 12.5. The molecule has 2 heterocycles. The summed E-state index contributed by atoms with van der Waals surface area (Å²) < 4.78 is 27.1. The lowest BCUT2D eigenvalue weighted by molar-refractivity contribution is 0.379. The molecule has 1 aliphatic heterocycles. The van der Waals surface area contributed by atoms with E-state index in [1.807, 2.05) is 7.05 Å². The van der Waals surface area contributed by atoms with E-state index in [9.17, 15) is 13.2 Å². The Balaban J connectivity index is 2.01. The molecule has 1 aromatic heterocycles. The number of aromatic nitrogens is 2. The Hall–Kier alpha value is -1.64. The van der Waals surface area contributed by atoms with Crippen molar-refractivity contribution in [2.75, 3.05) is 20.1 Å². The first-order valence-corrected chi connectivity index (χ1v) is 8.35. The topological polar surface area (TPSA) is 98.1 Å². The van der Waals surface area contributed by atoms with Crippen molar-refractivity contribution in [3.8, 4) is 0 Å². The third kappa shape index (κ3) is 2.50. The van der Waals surface area contributed by atoms with Gasteiger partial charge in [0, 0.05) is 19.1 Å². The fourth-order valence-electron chi connectivity index (χ4n) is 2.87. The van der Waals surface area contributed by atoms with Gasteiger partial charge < -0.3 is 15.3 Å². The quantitative estimate of drug-likeness (QED) is 0.753. The molecule has 1 atom stereocenters. The van der Waals surface area contributed by atoms with Crippen molar-refractivity contribution in [1.29, 1.82) is 0 Å². The SMILES string of the molecule is CNCC1CCCN1S(=O)(=O)c1ccc2[nH]c(=O)[nH]c2c1. The summed E-state index contributed by atoms with van der Waals surface area (Å²) in [7, 11) is -1.72. The molecule has 1 aliphatic rings. The number of fused-ring (bicyclic) bond motifs is 1. The van der Waals surface area contributed by atoms with Crippen molar-refractivity contribution >= 4 is 21.1 Å². The van der Waals surface area contributed by atoms with E-state index in [0.717, 1.165) is 12.8 Å². The third-order valence-corrected chi connectivity index (χ3v) is 5.80. The lowest BCUT2D eigenvalue weighted by Crippen LogP contribution is -2.40. The lowest BCUT2D eigenvalue weighted by atomic mass is 10.2. The molecule has 1 aromatic carbocycles. The Morgan fingerprint density at radius 2 is 2.10 bits per heavy atom. The molecular weight excluding hydrogens is 292 g/mol. The van der Waals surface area contributed by atoms with Crippen LogP contribution in [0.25, 0.3) is 11.0 Å². The van der Waals surface area contributed by atoms with Gasteiger partial charge in [0.1, 0.15) is 0 Å². The van der Waals surface area contributed by atoms with Crippen molar-refractivity contribution < 1.29 is 8.42 Å². The summed E-state index contributed by atoms with van der Waals surface area (Å²) in [5.74, 6) is 0. The molecule has 0 aliphatic carbocycles. The number of imidazole rings is 1. The number of nitrogens with one attached hydrogen (secondary N) is 3. The van der Waals surface area contributed by atoms with Gasteiger partial charge in [-0.25, -0.2) is 13.2 Å². The van der Waals surface area contributed by atoms with E-state index >= 15 is 0 Å². The molecule has 3 rings (SSSR count). The number of likely N-dealkylation sites (N-methyl/N-ethyl adjacent to an activating group) is 1. The summed E-state index contributed by atoms with van der Waals surface area (Å²) in [5.41, 5.74) is 0.770. The number of sulfonamides is 1. The van der Waals surface area contributed by atoms with Gasteiger partial charge >= 0.3 is 5.69 Å². The van der Waals surface area contributed by atoms with Crippen LogP contribution in [0.1, 0.15) is 12.8 Å². The summed E-state index contributed by atoms with van der Waals surface area (Å²) in [6.45, 7) is 1.18.